The van der Waals surface area contributed by atoms with Crippen molar-refractivity contribution in [3.8, 4) is 0 Å². The van der Waals surface area contributed by atoms with Crippen LogP contribution in [0.5, 0.6) is 0 Å². The number of hydrogen-bond donors (Lipinski definition) is 4. The number of ether oxygens (including phenoxy) is 2. The molecule has 1 fully saturated rings. The Bertz CT molecular complexity index is 605. The molecule has 2 aliphatic heterocycles. The highest BCUT2D eigenvalue weighted by Gasteiger charge is 2.32. The molecule has 9 heteroatoms. The normalized spacial score (nSPS) is 24.4. The van der Waals surface area contributed by atoms with Crippen molar-refractivity contribution < 1.29 is 19.7 Å². The van der Waals surface area contributed by atoms with E-state index in [9.17, 15) is 10.2 Å². The third-order valence-corrected chi connectivity index (χ3v) is 4.90. The quantitative estimate of drug-likeness (QED) is 0.375. The Morgan fingerprint density at radius 2 is 2.18 bits per heavy atom. The van der Waals surface area contributed by atoms with Gasteiger partial charge >= 0.3 is 0 Å². The van der Waals surface area contributed by atoms with E-state index < -0.39 is 6.10 Å². The summed E-state index contributed by atoms with van der Waals surface area (Å²) >= 11 is 0. The van der Waals surface area contributed by atoms with E-state index in [1.54, 1.807) is 0 Å². The first-order chi connectivity index (χ1) is 13.6. The van der Waals surface area contributed by atoms with E-state index in [1.165, 1.54) is 13.4 Å². The van der Waals surface area contributed by atoms with Gasteiger partial charge in [0.25, 0.3) is 0 Å². The Balaban J connectivity index is 2.00. The Kier molecular flexibility index (Phi) is 9.56. The Hall–Kier alpha value is -1.81. The van der Waals surface area contributed by atoms with E-state index in [0.29, 0.717) is 25.3 Å². The average molecular weight is 396 g/mol. The minimum absolute atomic E-state index is 0.0364. The van der Waals surface area contributed by atoms with E-state index in [-0.39, 0.29) is 24.1 Å². The number of hydrogen-bond acceptors (Lipinski definition) is 9. The highest BCUT2D eigenvalue weighted by Crippen LogP contribution is 2.19. The van der Waals surface area contributed by atoms with Crippen LogP contribution in [0, 0.1) is 11.3 Å². The number of unbranched alkanes of at least 4 members (excludes halogenated alkanes) is 2. The first kappa shape index (κ1) is 22.5. The molecular formula is C19H33N5O4. The summed E-state index contributed by atoms with van der Waals surface area (Å²) in [5.74, 6) is 0.0888. The minimum atomic E-state index is -0.541. The number of β-amino-alcohol motifs (C(OH)–C–C–N with tert-alkyl or cyclic N) is 1. The maximum atomic E-state index is 10.1. The number of aliphatic hydroxyl groups excluding tert-OH is 2. The highest BCUT2D eigenvalue weighted by atomic mass is 16.5. The molecule has 0 aromatic heterocycles. The lowest BCUT2D eigenvalue weighted by Gasteiger charge is -2.22. The zero-order valence-corrected chi connectivity index (χ0v) is 16.9. The third-order valence-electron chi connectivity index (χ3n) is 4.90. The standard InChI is InChI=1S/C19H33N5O4/c1-3-28-8-6-4-5-7-21-15(10-24-9-14(12-25)16(26)11-24)18-17(20)19(27-2)23-13-22-18/h13-14,16,20-21,25-26H,3-12H2,1-2H3/b18-15+,20-17?/t14-,16?/m1/s1. The molecule has 9 nitrogen and oxygen atoms in total. The summed E-state index contributed by atoms with van der Waals surface area (Å²) in [5, 5.41) is 31.2. The lowest BCUT2D eigenvalue weighted by Crippen LogP contribution is -2.33. The highest BCUT2D eigenvalue weighted by molar-refractivity contribution is 6.46. The van der Waals surface area contributed by atoms with Crippen molar-refractivity contribution in [1.29, 1.82) is 5.41 Å². The number of rotatable bonds is 11. The second kappa shape index (κ2) is 11.9. The van der Waals surface area contributed by atoms with Crippen molar-refractivity contribution in [2.75, 3.05) is 53.1 Å². The number of nitrogens with zero attached hydrogens (tertiary/aromatic N) is 3. The van der Waals surface area contributed by atoms with Gasteiger partial charge < -0.3 is 25.0 Å². The van der Waals surface area contributed by atoms with Gasteiger partial charge in [0, 0.05) is 51.9 Å². The van der Waals surface area contributed by atoms with Gasteiger partial charge in [0.2, 0.25) is 5.90 Å². The second-order valence-corrected chi connectivity index (χ2v) is 6.97. The molecule has 1 unspecified atom stereocenters. The predicted molar refractivity (Wildman–Crippen MR) is 109 cm³/mol. The summed E-state index contributed by atoms with van der Waals surface area (Å²) in [7, 11) is 1.48. The van der Waals surface area contributed by atoms with Crippen LogP contribution < -0.4 is 5.32 Å². The third kappa shape index (κ3) is 6.37. The summed E-state index contributed by atoms with van der Waals surface area (Å²) in [5.41, 5.74) is 1.45. The maximum Gasteiger partial charge on any atom is 0.242 e. The molecule has 2 heterocycles. The van der Waals surface area contributed by atoms with Crippen LogP contribution in [0.3, 0.4) is 0 Å². The molecule has 0 aliphatic carbocycles. The monoisotopic (exact) mass is 395 g/mol. The van der Waals surface area contributed by atoms with Crippen LogP contribution >= 0.6 is 0 Å². The SMILES string of the molecule is CCOCCCCCN/C(CN1CC(O)[C@@H](CO)C1)=C1/N=CN=C(OC)C1=N. The summed E-state index contributed by atoms with van der Waals surface area (Å²) in [6.45, 7) is 5.84. The van der Waals surface area contributed by atoms with Gasteiger partial charge in [-0.15, -0.1) is 0 Å². The maximum absolute atomic E-state index is 10.1. The molecule has 2 aliphatic rings. The van der Waals surface area contributed by atoms with Gasteiger partial charge in [-0.3, -0.25) is 10.3 Å². The van der Waals surface area contributed by atoms with Crippen molar-refractivity contribution in [3.05, 3.63) is 11.4 Å². The van der Waals surface area contributed by atoms with E-state index in [2.05, 4.69) is 20.2 Å². The molecule has 28 heavy (non-hydrogen) atoms. The molecule has 0 aromatic carbocycles. The molecule has 2 rings (SSSR count). The number of likely N-dealkylation sites (tertiary alicyclic amines) is 1. The smallest absolute Gasteiger partial charge is 0.242 e. The number of nitrogens with one attached hydrogen (secondary N) is 2. The topological polar surface area (TPSA) is 123 Å². The van der Waals surface area contributed by atoms with Crippen molar-refractivity contribution >= 4 is 17.9 Å². The van der Waals surface area contributed by atoms with Crippen molar-refractivity contribution in [2.24, 2.45) is 15.9 Å². The fourth-order valence-electron chi connectivity index (χ4n) is 3.33. The zero-order chi connectivity index (χ0) is 20.4. The van der Waals surface area contributed by atoms with Crippen molar-refractivity contribution in [3.63, 3.8) is 0 Å². The molecule has 0 saturated carbocycles. The lowest BCUT2D eigenvalue weighted by atomic mass is 10.1. The van der Waals surface area contributed by atoms with Crippen LogP contribution in [0.15, 0.2) is 21.4 Å². The predicted octanol–water partition coefficient (Wildman–Crippen LogP) is 0.386. The molecule has 0 amide bonds. The summed E-state index contributed by atoms with van der Waals surface area (Å²) in [6.07, 6.45) is 3.90. The molecule has 0 aromatic rings. The Morgan fingerprint density at radius 3 is 2.86 bits per heavy atom. The van der Waals surface area contributed by atoms with Crippen molar-refractivity contribution in [1.82, 2.24) is 10.2 Å². The van der Waals surface area contributed by atoms with Crippen LogP contribution in [-0.2, 0) is 9.47 Å². The van der Waals surface area contributed by atoms with E-state index in [4.69, 9.17) is 14.9 Å². The van der Waals surface area contributed by atoms with Crippen LogP contribution in [0.4, 0.5) is 0 Å². The molecule has 1 saturated heterocycles. The minimum Gasteiger partial charge on any atom is -0.479 e. The van der Waals surface area contributed by atoms with Crippen LogP contribution in [0.2, 0.25) is 0 Å². The molecule has 0 spiro atoms. The fraction of sp³-hybridized carbons (Fsp3) is 0.737. The zero-order valence-electron chi connectivity index (χ0n) is 16.9. The van der Waals surface area contributed by atoms with Gasteiger partial charge in [-0.1, -0.05) is 0 Å². The molecule has 2 atom stereocenters. The van der Waals surface area contributed by atoms with Gasteiger partial charge in [-0.05, 0) is 26.2 Å². The number of methoxy groups -OCH3 is 1. The van der Waals surface area contributed by atoms with Crippen LogP contribution in [-0.4, -0.2) is 92.3 Å². The van der Waals surface area contributed by atoms with Gasteiger partial charge in [0.15, 0.2) is 0 Å². The number of aliphatic imine (C=N–C) groups is 2. The molecular weight excluding hydrogens is 362 g/mol. The summed E-state index contributed by atoms with van der Waals surface area (Å²) < 4.78 is 10.5. The molecule has 4 N–H and O–H groups in total. The number of aliphatic hydroxyl groups is 2. The molecule has 158 valence electrons. The van der Waals surface area contributed by atoms with Crippen molar-refractivity contribution in [2.45, 2.75) is 32.3 Å². The largest absolute Gasteiger partial charge is 0.479 e. The Labute approximate surface area is 166 Å². The Morgan fingerprint density at radius 1 is 1.36 bits per heavy atom. The van der Waals surface area contributed by atoms with Gasteiger partial charge in [0.1, 0.15) is 17.7 Å². The molecule has 0 bridgehead atoms. The van der Waals surface area contributed by atoms with E-state index in [1.807, 2.05) is 6.92 Å². The molecule has 0 radical (unpaired) electrons. The van der Waals surface area contributed by atoms with Gasteiger partial charge in [-0.2, -0.15) is 4.99 Å². The average Bonchev–Trinajstić information content (AvgIpc) is 3.06. The van der Waals surface area contributed by atoms with E-state index >= 15 is 0 Å². The lowest BCUT2D eigenvalue weighted by molar-refractivity contribution is 0.103. The summed E-state index contributed by atoms with van der Waals surface area (Å²) in [4.78, 5) is 10.3. The fourth-order valence-corrected chi connectivity index (χ4v) is 3.33. The second-order valence-electron chi connectivity index (χ2n) is 6.97. The van der Waals surface area contributed by atoms with Gasteiger partial charge in [-0.25, -0.2) is 4.99 Å². The van der Waals surface area contributed by atoms with Crippen LogP contribution in [0.1, 0.15) is 26.2 Å². The first-order valence-corrected chi connectivity index (χ1v) is 9.90. The summed E-state index contributed by atoms with van der Waals surface area (Å²) in [6, 6.07) is 0. The van der Waals surface area contributed by atoms with Gasteiger partial charge in [0.05, 0.1) is 18.9 Å². The first-order valence-electron chi connectivity index (χ1n) is 9.90. The van der Waals surface area contributed by atoms with Crippen LogP contribution in [0.25, 0.3) is 0 Å². The van der Waals surface area contributed by atoms with E-state index in [0.717, 1.165) is 44.7 Å².